The second-order valence-electron chi connectivity index (χ2n) is 4.82. The summed E-state index contributed by atoms with van der Waals surface area (Å²) in [7, 11) is 1.20. The van der Waals surface area contributed by atoms with Crippen molar-refractivity contribution in [2.24, 2.45) is 0 Å². The van der Waals surface area contributed by atoms with Crippen LogP contribution >= 0.6 is 7.82 Å². The van der Waals surface area contributed by atoms with Crippen LogP contribution in [0.25, 0.3) is 0 Å². The molecule has 7 nitrogen and oxygen atoms in total. The van der Waals surface area contributed by atoms with Crippen LogP contribution in [0.3, 0.4) is 0 Å². The number of amides is 1. The van der Waals surface area contributed by atoms with Gasteiger partial charge in [0.05, 0.1) is 21.1 Å². The summed E-state index contributed by atoms with van der Waals surface area (Å²) in [6.45, 7) is 5.47. The van der Waals surface area contributed by atoms with Crippen molar-refractivity contribution in [1.82, 2.24) is 5.48 Å². The van der Waals surface area contributed by atoms with E-state index in [0.717, 1.165) is 6.08 Å². The molecule has 1 amide bonds. The third-order valence-electron chi connectivity index (χ3n) is 1.93. The molecule has 2 atom stereocenters. The summed E-state index contributed by atoms with van der Waals surface area (Å²) in [6, 6.07) is 0. The zero-order valence-corrected chi connectivity index (χ0v) is 12.1. The molecule has 0 aliphatic rings. The molecular weight excluding hydrogens is 259 g/mol. The fourth-order valence-electron chi connectivity index (χ4n) is 1.19. The first-order valence-electron chi connectivity index (χ1n) is 5.50. The number of phosphoric ester groups is 1. The van der Waals surface area contributed by atoms with Crippen molar-refractivity contribution in [2.45, 2.75) is 19.4 Å². The van der Waals surface area contributed by atoms with Gasteiger partial charge in [-0.25, -0.2) is 5.48 Å². The molecule has 18 heavy (non-hydrogen) atoms. The van der Waals surface area contributed by atoms with Gasteiger partial charge in [-0.3, -0.25) is 9.36 Å². The Balaban J connectivity index is 4.39. The topological polar surface area (TPSA) is 87.7 Å². The summed E-state index contributed by atoms with van der Waals surface area (Å²) >= 11 is 0. The first-order chi connectivity index (χ1) is 8.09. The Hall–Kier alpha value is -0.720. The van der Waals surface area contributed by atoms with E-state index in [2.05, 4.69) is 11.2 Å². The Labute approximate surface area is 108 Å². The highest BCUT2D eigenvalue weighted by Gasteiger charge is 2.23. The van der Waals surface area contributed by atoms with Crippen LogP contribution in [0.5, 0.6) is 0 Å². The van der Waals surface area contributed by atoms with Gasteiger partial charge in [0.25, 0.3) is 13.7 Å². The lowest BCUT2D eigenvalue weighted by Gasteiger charge is -2.32. The van der Waals surface area contributed by atoms with Crippen LogP contribution in [0.15, 0.2) is 12.7 Å². The van der Waals surface area contributed by atoms with E-state index in [1.807, 2.05) is 28.1 Å². The van der Waals surface area contributed by atoms with Gasteiger partial charge in [0, 0.05) is 0 Å². The van der Waals surface area contributed by atoms with E-state index >= 15 is 0 Å². The molecule has 0 bridgehead atoms. The van der Waals surface area contributed by atoms with Crippen LogP contribution in [0, 0.1) is 0 Å². The zero-order chi connectivity index (χ0) is 14.4. The molecule has 106 valence electrons. The van der Waals surface area contributed by atoms with Crippen LogP contribution in [0.1, 0.15) is 13.3 Å². The van der Waals surface area contributed by atoms with Gasteiger partial charge in [0.15, 0.2) is 0 Å². The third kappa shape index (κ3) is 8.38. The molecule has 0 fully saturated rings. The maximum atomic E-state index is 11.4. The summed E-state index contributed by atoms with van der Waals surface area (Å²) < 4.78 is 21.1. The molecule has 0 spiro atoms. The van der Waals surface area contributed by atoms with Crippen LogP contribution < -0.4 is 10.4 Å². The van der Waals surface area contributed by atoms with Crippen molar-refractivity contribution in [2.75, 3.05) is 27.7 Å². The molecule has 0 aliphatic carbocycles. The summed E-state index contributed by atoms with van der Waals surface area (Å²) in [5.74, 6) is -0.755. The maximum absolute atomic E-state index is 11.4. The summed E-state index contributed by atoms with van der Waals surface area (Å²) in [4.78, 5) is 22.2. The molecule has 0 aromatic rings. The molecule has 1 N–H and O–H groups in total. The van der Waals surface area contributed by atoms with Crippen molar-refractivity contribution in [1.29, 1.82) is 0 Å². The van der Waals surface area contributed by atoms with E-state index < -0.39 is 19.8 Å². The molecule has 8 heteroatoms. The van der Waals surface area contributed by atoms with Crippen molar-refractivity contribution in [3.63, 3.8) is 0 Å². The average molecular weight is 280 g/mol. The Morgan fingerprint density at radius 1 is 1.56 bits per heavy atom. The lowest BCUT2D eigenvalue weighted by molar-refractivity contribution is -0.873. The number of hydroxylamine groups is 1. The number of carbonyl (C=O) groups is 1. The first-order valence-corrected chi connectivity index (χ1v) is 6.96. The molecule has 0 aromatic carbocycles. The van der Waals surface area contributed by atoms with Gasteiger partial charge in [0.1, 0.15) is 12.6 Å². The quantitative estimate of drug-likeness (QED) is 0.297. The highest BCUT2D eigenvalue weighted by Crippen LogP contribution is 2.39. The number of hydrogen-bond acceptors (Lipinski definition) is 5. The molecule has 0 radical (unpaired) electrons. The minimum Gasteiger partial charge on any atom is -0.755 e. The molecule has 0 heterocycles. The largest absolute Gasteiger partial charge is 0.755 e. The second-order valence-corrected chi connectivity index (χ2v) is 6.11. The summed E-state index contributed by atoms with van der Waals surface area (Å²) in [5, 5.41) is 0. The number of hydrogen-bond donors (Lipinski definition) is 1. The third-order valence-corrected chi connectivity index (χ3v) is 2.80. The highest BCUT2D eigenvalue weighted by molar-refractivity contribution is 7.45. The lowest BCUT2D eigenvalue weighted by Crippen LogP contribution is -2.42. The van der Waals surface area contributed by atoms with E-state index in [4.69, 9.17) is 4.52 Å². The molecular formula is C10H21N2O5P. The fraction of sp³-hybridized carbons (Fsp3) is 0.700. The van der Waals surface area contributed by atoms with Gasteiger partial charge in [-0.1, -0.05) is 13.5 Å². The zero-order valence-electron chi connectivity index (χ0n) is 11.2. The molecule has 0 aliphatic heterocycles. The standard InChI is InChI=1S/C10H21N2O5P/c1-6-9(8-12(3,4)5)16-18(14,15)17-11-10(13)7-2/h7,9H,2,6,8H2,1,3-5H3,(H-,11,13,14,15). The van der Waals surface area contributed by atoms with Gasteiger partial charge >= 0.3 is 0 Å². The van der Waals surface area contributed by atoms with E-state index in [-0.39, 0.29) is 0 Å². The van der Waals surface area contributed by atoms with Gasteiger partial charge in [-0.15, -0.1) is 0 Å². The molecule has 0 aromatic heterocycles. The van der Waals surface area contributed by atoms with Gasteiger partial charge in [-0.05, 0) is 12.5 Å². The van der Waals surface area contributed by atoms with Crippen LogP contribution in [-0.4, -0.2) is 44.2 Å². The minimum absolute atomic E-state index is 0.501. The van der Waals surface area contributed by atoms with Crippen molar-refractivity contribution >= 4 is 13.7 Å². The Kier molecular flexibility index (Phi) is 6.73. The summed E-state index contributed by atoms with van der Waals surface area (Å²) in [5.41, 5.74) is 1.70. The number of carbonyl (C=O) groups excluding carboxylic acids is 1. The fourth-order valence-corrected chi connectivity index (χ4v) is 2.02. The lowest BCUT2D eigenvalue weighted by atomic mass is 10.2. The predicted molar refractivity (Wildman–Crippen MR) is 65.1 cm³/mol. The molecule has 0 saturated heterocycles. The maximum Gasteiger partial charge on any atom is 0.290 e. The number of quaternary nitrogens is 1. The number of nitrogens with zero attached hydrogens (tertiary/aromatic N) is 1. The molecule has 0 rings (SSSR count). The normalized spacial score (nSPS) is 16.7. The summed E-state index contributed by atoms with van der Waals surface area (Å²) in [6.07, 6.45) is 0.901. The highest BCUT2D eigenvalue weighted by atomic mass is 31.2. The monoisotopic (exact) mass is 280 g/mol. The van der Waals surface area contributed by atoms with Gasteiger partial charge in [-0.2, -0.15) is 4.62 Å². The van der Waals surface area contributed by atoms with Crippen molar-refractivity contribution < 1.29 is 27.9 Å². The molecule has 0 saturated carbocycles. The van der Waals surface area contributed by atoms with Crippen molar-refractivity contribution in [3.05, 3.63) is 12.7 Å². The second kappa shape index (κ2) is 7.01. The SMILES string of the molecule is C=CC(=O)NOP(=O)([O-])OC(CC)C[N+](C)(C)C. The number of phosphoric acid groups is 1. The van der Waals surface area contributed by atoms with Crippen LogP contribution in [0.4, 0.5) is 0 Å². The Morgan fingerprint density at radius 3 is 2.50 bits per heavy atom. The smallest absolute Gasteiger partial charge is 0.290 e. The van der Waals surface area contributed by atoms with E-state index in [0.29, 0.717) is 17.4 Å². The van der Waals surface area contributed by atoms with Crippen LogP contribution in [-0.2, 0) is 18.5 Å². The van der Waals surface area contributed by atoms with E-state index in [1.165, 1.54) is 0 Å². The first kappa shape index (κ1) is 17.3. The Bertz CT molecular complexity index is 340. The average Bonchev–Trinajstić information content (AvgIpc) is 2.22. The molecule has 2 unspecified atom stereocenters. The number of likely N-dealkylation sites (N-methyl/N-ethyl adjacent to an activating group) is 1. The van der Waals surface area contributed by atoms with E-state index in [1.54, 1.807) is 5.48 Å². The predicted octanol–water partition coefficient (Wildman–Crippen LogP) is 0.190. The van der Waals surface area contributed by atoms with Crippen molar-refractivity contribution in [3.8, 4) is 0 Å². The van der Waals surface area contributed by atoms with E-state index in [9.17, 15) is 14.3 Å². The minimum atomic E-state index is -4.56. The van der Waals surface area contributed by atoms with Crippen LogP contribution in [0.2, 0.25) is 0 Å². The number of rotatable bonds is 8. The van der Waals surface area contributed by atoms with Gasteiger partial charge < -0.3 is 13.9 Å². The van der Waals surface area contributed by atoms with Gasteiger partial charge in [0.2, 0.25) is 0 Å². The Morgan fingerprint density at radius 2 is 2.11 bits per heavy atom. The number of nitrogens with one attached hydrogen (secondary N) is 1.